The van der Waals surface area contributed by atoms with E-state index in [-0.39, 0.29) is 17.3 Å². The number of hydrogen-bond donors (Lipinski definition) is 1. The smallest absolute Gasteiger partial charge is 0.348 e. The second-order valence-electron chi connectivity index (χ2n) is 8.18. The standard InChI is InChI=1S/C24H26N2O6S2/c1-15-11-19(7-8-20(15)31-2)34(29,30)26-10-4-5-16(14-26)23(27)25-18-6-9-21-17(12-18)13-22(33-21)24(28)32-3/h6-9,11-13,16H,4-5,10,14H2,1-3H3,(H,25,27)/t16-/m1/s1. The summed E-state index contributed by atoms with van der Waals surface area (Å²) in [6, 6.07) is 11.9. The first-order valence-corrected chi connectivity index (χ1v) is 13.1. The lowest BCUT2D eigenvalue weighted by Crippen LogP contribution is -2.43. The molecule has 1 aliphatic rings. The molecule has 0 saturated carbocycles. The van der Waals surface area contributed by atoms with Crippen LogP contribution in [0.5, 0.6) is 5.75 Å². The molecule has 2 heterocycles. The summed E-state index contributed by atoms with van der Waals surface area (Å²) in [6.45, 7) is 2.28. The van der Waals surface area contributed by atoms with E-state index in [0.29, 0.717) is 35.7 Å². The van der Waals surface area contributed by atoms with Crippen LogP contribution in [-0.4, -0.2) is 51.9 Å². The third-order valence-corrected chi connectivity index (χ3v) is 8.89. The van der Waals surface area contributed by atoms with Crippen LogP contribution < -0.4 is 10.1 Å². The number of anilines is 1. The van der Waals surface area contributed by atoms with E-state index in [1.165, 1.54) is 28.8 Å². The van der Waals surface area contributed by atoms with Gasteiger partial charge in [0.05, 0.1) is 25.0 Å². The van der Waals surface area contributed by atoms with Crippen LogP contribution in [0.1, 0.15) is 28.1 Å². The molecule has 1 aliphatic heterocycles. The van der Waals surface area contributed by atoms with Gasteiger partial charge in [0, 0.05) is 23.5 Å². The number of hydrogen-bond acceptors (Lipinski definition) is 7. The number of rotatable bonds is 6. The Balaban J connectivity index is 1.48. The Morgan fingerprint density at radius 2 is 1.91 bits per heavy atom. The number of methoxy groups -OCH3 is 2. The first-order chi connectivity index (χ1) is 16.2. The minimum Gasteiger partial charge on any atom is -0.496 e. The van der Waals surface area contributed by atoms with E-state index in [2.05, 4.69) is 5.32 Å². The predicted molar refractivity (Wildman–Crippen MR) is 131 cm³/mol. The van der Waals surface area contributed by atoms with E-state index >= 15 is 0 Å². The molecular weight excluding hydrogens is 476 g/mol. The first-order valence-electron chi connectivity index (χ1n) is 10.8. The summed E-state index contributed by atoms with van der Waals surface area (Å²) in [6.07, 6.45) is 1.20. The summed E-state index contributed by atoms with van der Waals surface area (Å²) < 4.78 is 38.7. The number of esters is 1. The van der Waals surface area contributed by atoms with Crippen molar-refractivity contribution in [3.05, 3.63) is 52.9 Å². The summed E-state index contributed by atoms with van der Waals surface area (Å²) in [5.41, 5.74) is 1.33. The molecular formula is C24H26N2O6S2. The number of amides is 1. The number of benzene rings is 2. The maximum atomic E-state index is 13.2. The molecule has 180 valence electrons. The quantitative estimate of drug-likeness (QED) is 0.511. The van der Waals surface area contributed by atoms with Crippen molar-refractivity contribution in [3.8, 4) is 5.75 Å². The lowest BCUT2D eigenvalue weighted by atomic mass is 9.98. The summed E-state index contributed by atoms with van der Waals surface area (Å²) >= 11 is 1.32. The highest BCUT2D eigenvalue weighted by atomic mass is 32.2. The molecule has 8 nitrogen and oxygen atoms in total. The molecule has 0 radical (unpaired) electrons. The molecule has 1 fully saturated rings. The zero-order chi connectivity index (χ0) is 24.5. The number of sulfonamides is 1. The lowest BCUT2D eigenvalue weighted by molar-refractivity contribution is -0.120. The molecule has 1 aromatic heterocycles. The number of ether oxygens (including phenoxy) is 2. The molecule has 10 heteroatoms. The van der Waals surface area contributed by atoms with Crippen molar-refractivity contribution in [1.29, 1.82) is 0 Å². The predicted octanol–water partition coefficient (Wildman–Crippen LogP) is 4.04. The second kappa shape index (κ2) is 9.73. The zero-order valence-electron chi connectivity index (χ0n) is 19.2. The number of nitrogens with one attached hydrogen (secondary N) is 1. The van der Waals surface area contributed by atoms with Gasteiger partial charge in [0.2, 0.25) is 15.9 Å². The molecule has 0 spiro atoms. The van der Waals surface area contributed by atoms with E-state index in [1.807, 2.05) is 6.07 Å². The number of carbonyl (C=O) groups is 2. The van der Waals surface area contributed by atoms with Crippen LogP contribution in [0.2, 0.25) is 0 Å². The van der Waals surface area contributed by atoms with Crippen LogP contribution >= 0.6 is 11.3 Å². The molecule has 1 atom stereocenters. The molecule has 1 amide bonds. The highest BCUT2D eigenvalue weighted by Gasteiger charge is 2.33. The van der Waals surface area contributed by atoms with Gasteiger partial charge in [0.25, 0.3) is 0 Å². The number of fused-ring (bicyclic) bond motifs is 1. The average Bonchev–Trinajstić information content (AvgIpc) is 3.27. The van der Waals surface area contributed by atoms with Gasteiger partial charge in [-0.1, -0.05) is 0 Å². The van der Waals surface area contributed by atoms with Crippen LogP contribution in [0.3, 0.4) is 0 Å². The Hall–Kier alpha value is -2.95. The number of aryl methyl sites for hydroxylation is 1. The van der Waals surface area contributed by atoms with Crippen molar-refractivity contribution in [2.75, 3.05) is 32.6 Å². The minimum atomic E-state index is -3.73. The highest BCUT2D eigenvalue weighted by molar-refractivity contribution is 7.89. The normalized spacial score (nSPS) is 16.9. The summed E-state index contributed by atoms with van der Waals surface area (Å²) in [4.78, 5) is 25.4. The fraction of sp³-hybridized carbons (Fsp3) is 0.333. The van der Waals surface area contributed by atoms with Crippen molar-refractivity contribution in [1.82, 2.24) is 4.31 Å². The van der Waals surface area contributed by atoms with Crippen molar-refractivity contribution >= 4 is 49.0 Å². The highest BCUT2D eigenvalue weighted by Crippen LogP contribution is 2.30. The average molecular weight is 503 g/mol. The number of carbonyl (C=O) groups excluding carboxylic acids is 2. The monoisotopic (exact) mass is 502 g/mol. The van der Waals surface area contributed by atoms with Crippen LogP contribution in [0.25, 0.3) is 10.1 Å². The summed E-state index contributed by atoms with van der Waals surface area (Å²) in [5.74, 6) is -0.473. The van der Waals surface area contributed by atoms with Gasteiger partial charge >= 0.3 is 5.97 Å². The molecule has 4 rings (SSSR count). The van der Waals surface area contributed by atoms with Crippen LogP contribution in [0.15, 0.2) is 47.4 Å². The van der Waals surface area contributed by atoms with E-state index < -0.39 is 21.9 Å². The van der Waals surface area contributed by atoms with Gasteiger partial charge in [0.1, 0.15) is 10.6 Å². The van der Waals surface area contributed by atoms with E-state index in [4.69, 9.17) is 9.47 Å². The van der Waals surface area contributed by atoms with Crippen LogP contribution in [0.4, 0.5) is 5.69 Å². The van der Waals surface area contributed by atoms with Gasteiger partial charge in [-0.3, -0.25) is 4.79 Å². The van der Waals surface area contributed by atoms with Gasteiger partial charge < -0.3 is 14.8 Å². The largest absolute Gasteiger partial charge is 0.496 e. The van der Waals surface area contributed by atoms with Crippen LogP contribution in [0, 0.1) is 12.8 Å². The Kier molecular flexibility index (Phi) is 6.92. The Morgan fingerprint density at radius 1 is 1.12 bits per heavy atom. The van der Waals surface area contributed by atoms with E-state index in [9.17, 15) is 18.0 Å². The van der Waals surface area contributed by atoms with Crippen molar-refractivity contribution in [2.45, 2.75) is 24.7 Å². The molecule has 0 bridgehead atoms. The van der Waals surface area contributed by atoms with Gasteiger partial charge in [-0.25, -0.2) is 13.2 Å². The Bertz CT molecular complexity index is 1350. The van der Waals surface area contributed by atoms with E-state index in [1.54, 1.807) is 44.4 Å². The van der Waals surface area contributed by atoms with Gasteiger partial charge in [-0.15, -0.1) is 11.3 Å². The third-order valence-electron chi connectivity index (χ3n) is 5.93. The molecule has 3 aromatic rings. The first kappa shape index (κ1) is 24.2. The van der Waals surface area contributed by atoms with E-state index in [0.717, 1.165) is 15.6 Å². The van der Waals surface area contributed by atoms with Gasteiger partial charge in [0.15, 0.2) is 0 Å². The lowest BCUT2D eigenvalue weighted by Gasteiger charge is -2.31. The summed E-state index contributed by atoms with van der Waals surface area (Å²) in [7, 11) is -0.855. The third kappa shape index (κ3) is 4.79. The van der Waals surface area contributed by atoms with Gasteiger partial charge in [-0.2, -0.15) is 4.31 Å². The van der Waals surface area contributed by atoms with Crippen LogP contribution in [-0.2, 0) is 19.6 Å². The number of piperidine rings is 1. The number of thiophene rings is 1. The minimum absolute atomic E-state index is 0.117. The van der Waals surface area contributed by atoms with Gasteiger partial charge in [-0.05, 0) is 73.2 Å². The molecule has 0 aliphatic carbocycles. The van der Waals surface area contributed by atoms with Crippen molar-refractivity contribution in [2.24, 2.45) is 5.92 Å². The SMILES string of the molecule is COC(=O)c1cc2cc(NC(=O)[C@@H]3CCCN(S(=O)(=O)c4ccc(OC)c(C)c4)C3)ccc2s1. The zero-order valence-corrected chi connectivity index (χ0v) is 20.8. The molecule has 0 unspecified atom stereocenters. The molecule has 34 heavy (non-hydrogen) atoms. The maximum Gasteiger partial charge on any atom is 0.348 e. The summed E-state index contributed by atoms with van der Waals surface area (Å²) in [5, 5.41) is 3.73. The van der Waals surface area contributed by atoms with Crippen molar-refractivity contribution in [3.63, 3.8) is 0 Å². The topological polar surface area (TPSA) is 102 Å². The molecule has 2 aromatic carbocycles. The second-order valence-corrected chi connectivity index (χ2v) is 11.2. The maximum absolute atomic E-state index is 13.2. The number of nitrogens with zero attached hydrogens (tertiary/aromatic N) is 1. The van der Waals surface area contributed by atoms with Crippen molar-refractivity contribution < 1.29 is 27.5 Å². The Morgan fingerprint density at radius 3 is 2.62 bits per heavy atom. The fourth-order valence-electron chi connectivity index (χ4n) is 4.10. The molecule has 1 saturated heterocycles. The Labute approximate surface area is 202 Å². The fourth-order valence-corrected chi connectivity index (χ4v) is 6.67. The molecule has 1 N–H and O–H groups in total.